The molecule has 0 aliphatic carbocycles. The zero-order chi connectivity index (χ0) is 5.98. The predicted molar refractivity (Wildman–Crippen MR) is 30.6 cm³/mol. The number of hydrogen-bond acceptors (Lipinski definition) is 2. The fourth-order valence-electron chi connectivity index (χ4n) is 0.834. The Hall–Kier alpha value is -0.0800. The van der Waals surface area contributed by atoms with Gasteiger partial charge < -0.3 is 9.47 Å². The second-order valence-corrected chi connectivity index (χ2v) is 2.17. The lowest BCUT2D eigenvalue weighted by Gasteiger charge is -2.24. The van der Waals surface area contributed by atoms with Gasteiger partial charge in [-0.3, -0.25) is 0 Å². The van der Waals surface area contributed by atoms with E-state index < -0.39 is 0 Å². The summed E-state index contributed by atoms with van der Waals surface area (Å²) in [5.74, 6) is 0. The van der Waals surface area contributed by atoms with Gasteiger partial charge in [0.05, 0.1) is 12.7 Å². The highest BCUT2D eigenvalue weighted by Crippen LogP contribution is 2.09. The first kappa shape index (κ1) is 6.05. The van der Waals surface area contributed by atoms with Gasteiger partial charge in [0.25, 0.3) is 0 Å². The van der Waals surface area contributed by atoms with E-state index in [4.69, 9.17) is 9.47 Å². The van der Waals surface area contributed by atoms with Crippen LogP contribution >= 0.6 is 0 Å². The third kappa shape index (κ3) is 1.46. The molecule has 2 heteroatoms. The number of rotatable bonds is 0. The van der Waals surface area contributed by atoms with Crippen molar-refractivity contribution < 1.29 is 9.47 Å². The molecule has 1 aliphatic heterocycles. The van der Waals surface area contributed by atoms with Gasteiger partial charge in [0.15, 0.2) is 6.29 Å². The van der Waals surface area contributed by atoms with Gasteiger partial charge in [-0.1, -0.05) is 0 Å². The average molecular weight is 116 g/mol. The van der Waals surface area contributed by atoms with Crippen LogP contribution in [0.3, 0.4) is 0 Å². The van der Waals surface area contributed by atoms with Crippen molar-refractivity contribution in [2.45, 2.75) is 32.7 Å². The Morgan fingerprint density at radius 1 is 1.38 bits per heavy atom. The first-order chi connectivity index (χ1) is 3.79. The van der Waals surface area contributed by atoms with Gasteiger partial charge in [-0.2, -0.15) is 0 Å². The van der Waals surface area contributed by atoms with Gasteiger partial charge in [0.2, 0.25) is 0 Å². The summed E-state index contributed by atoms with van der Waals surface area (Å²) in [7, 11) is 0. The molecule has 0 aromatic rings. The van der Waals surface area contributed by atoms with E-state index in [2.05, 4.69) is 6.92 Å². The van der Waals surface area contributed by atoms with Gasteiger partial charge in [-0.15, -0.1) is 0 Å². The first-order valence-corrected chi connectivity index (χ1v) is 3.06. The predicted octanol–water partition coefficient (Wildman–Crippen LogP) is 1.16. The highest BCUT2D eigenvalue weighted by Gasteiger charge is 2.13. The van der Waals surface area contributed by atoms with Crippen LogP contribution in [0.2, 0.25) is 0 Å². The first-order valence-electron chi connectivity index (χ1n) is 3.06. The Kier molecular flexibility index (Phi) is 1.86. The summed E-state index contributed by atoms with van der Waals surface area (Å²) in [5.41, 5.74) is 0. The molecule has 48 valence electrons. The highest BCUT2D eigenvalue weighted by molar-refractivity contribution is 4.54. The number of hydrogen-bond donors (Lipinski definition) is 0. The molecule has 1 aliphatic rings. The minimum atomic E-state index is 0.0127. The third-order valence-corrected chi connectivity index (χ3v) is 1.30. The summed E-state index contributed by atoms with van der Waals surface area (Å²) in [6.07, 6.45) is 1.43. The molecule has 2 nitrogen and oxygen atoms in total. The summed E-state index contributed by atoms with van der Waals surface area (Å²) in [4.78, 5) is 0. The van der Waals surface area contributed by atoms with Gasteiger partial charge in [-0.25, -0.2) is 0 Å². The highest BCUT2D eigenvalue weighted by atomic mass is 16.7. The largest absolute Gasteiger partial charge is 0.353 e. The van der Waals surface area contributed by atoms with Crippen LogP contribution in [0, 0.1) is 0 Å². The molecular weight excluding hydrogens is 104 g/mol. The quantitative estimate of drug-likeness (QED) is 0.472. The fourth-order valence-corrected chi connectivity index (χ4v) is 0.834. The van der Waals surface area contributed by atoms with Gasteiger partial charge in [0.1, 0.15) is 0 Å². The smallest absolute Gasteiger partial charge is 0.155 e. The SMILES string of the molecule is CC1OCC[C@@H](C)O1. The summed E-state index contributed by atoms with van der Waals surface area (Å²) < 4.78 is 10.4. The molecule has 0 aromatic heterocycles. The van der Waals surface area contributed by atoms with Crippen LogP contribution < -0.4 is 0 Å². The number of ether oxygens (including phenoxy) is 2. The minimum Gasteiger partial charge on any atom is -0.353 e. The van der Waals surface area contributed by atoms with E-state index in [-0.39, 0.29) is 6.29 Å². The molecule has 0 N–H and O–H groups in total. The van der Waals surface area contributed by atoms with Gasteiger partial charge in [-0.05, 0) is 20.3 Å². The maximum atomic E-state index is 5.26. The molecule has 0 amide bonds. The maximum absolute atomic E-state index is 5.26. The van der Waals surface area contributed by atoms with Gasteiger partial charge >= 0.3 is 0 Å². The Morgan fingerprint density at radius 2 is 2.12 bits per heavy atom. The molecule has 2 atom stereocenters. The molecule has 1 saturated heterocycles. The van der Waals surface area contributed by atoms with E-state index in [0.29, 0.717) is 6.10 Å². The molecule has 1 heterocycles. The van der Waals surface area contributed by atoms with E-state index in [0.717, 1.165) is 13.0 Å². The van der Waals surface area contributed by atoms with Crippen LogP contribution in [0.4, 0.5) is 0 Å². The van der Waals surface area contributed by atoms with Crippen LogP contribution in [-0.2, 0) is 9.47 Å². The Bertz CT molecular complexity index is 64.9. The summed E-state index contributed by atoms with van der Waals surface area (Å²) in [6, 6.07) is 0. The van der Waals surface area contributed by atoms with Crippen molar-refractivity contribution in [1.29, 1.82) is 0 Å². The fraction of sp³-hybridized carbons (Fsp3) is 1.00. The molecule has 0 aromatic carbocycles. The lowest BCUT2D eigenvalue weighted by Crippen LogP contribution is -2.27. The van der Waals surface area contributed by atoms with Gasteiger partial charge in [0, 0.05) is 0 Å². The topological polar surface area (TPSA) is 18.5 Å². The molecule has 1 unspecified atom stereocenters. The van der Waals surface area contributed by atoms with E-state index >= 15 is 0 Å². The molecule has 1 fully saturated rings. The van der Waals surface area contributed by atoms with E-state index in [1.165, 1.54) is 0 Å². The van der Waals surface area contributed by atoms with Crippen LogP contribution in [0.15, 0.2) is 0 Å². The molecule has 0 spiro atoms. The van der Waals surface area contributed by atoms with Crippen LogP contribution in [0.1, 0.15) is 20.3 Å². The maximum Gasteiger partial charge on any atom is 0.155 e. The zero-order valence-corrected chi connectivity index (χ0v) is 5.39. The molecule has 0 bridgehead atoms. The van der Waals surface area contributed by atoms with Crippen molar-refractivity contribution in [2.75, 3.05) is 6.61 Å². The molecule has 0 radical (unpaired) electrons. The standard InChI is InChI=1S/C6H12O2/c1-5-3-4-7-6(2)8-5/h5-6H,3-4H2,1-2H3/t5-,6?/m1/s1. The van der Waals surface area contributed by atoms with Crippen molar-refractivity contribution in [2.24, 2.45) is 0 Å². The normalized spacial score (nSPS) is 39.8. The lowest BCUT2D eigenvalue weighted by atomic mass is 10.3. The van der Waals surface area contributed by atoms with Crippen molar-refractivity contribution in [3.05, 3.63) is 0 Å². The minimum absolute atomic E-state index is 0.0127. The average Bonchev–Trinajstić information content (AvgIpc) is 1.64. The lowest BCUT2D eigenvalue weighted by molar-refractivity contribution is -0.197. The van der Waals surface area contributed by atoms with Crippen molar-refractivity contribution in [3.8, 4) is 0 Å². The Morgan fingerprint density at radius 3 is 2.50 bits per heavy atom. The Labute approximate surface area is 49.8 Å². The second kappa shape index (κ2) is 2.46. The second-order valence-electron chi connectivity index (χ2n) is 2.17. The zero-order valence-electron chi connectivity index (χ0n) is 5.39. The van der Waals surface area contributed by atoms with Crippen molar-refractivity contribution >= 4 is 0 Å². The molecule has 1 rings (SSSR count). The van der Waals surface area contributed by atoms with E-state index in [9.17, 15) is 0 Å². The van der Waals surface area contributed by atoms with Crippen LogP contribution in [0.25, 0.3) is 0 Å². The molecule has 0 saturated carbocycles. The molecule has 8 heavy (non-hydrogen) atoms. The molecular formula is C6H12O2. The van der Waals surface area contributed by atoms with Crippen LogP contribution in [-0.4, -0.2) is 19.0 Å². The summed E-state index contributed by atoms with van der Waals surface area (Å²) in [5, 5.41) is 0. The van der Waals surface area contributed by atoms with Crippen molar-refractivity contribution in [1.82, 2.24) is 0 Å². The van der Waals surface area contributed by atoms with Crippen molar-refractivity contribution in [3.63, 3.8) is 0 Å². The van der Waals surface area contributed by atoms with E-state index in [1.807, 2.05) is 6.92 Å². The summed E-state index contributed by atoms with van der Waals surface area (Å²) >= 11 is 0. The van der Waals surface area contributed by atoms with Crippen LogP contribution in [0.5, 0.6) is 0 Å². The monoisotopic (exact) mass is 116 g/mol. The Balaban J connectivity index is 2.23. The third-order valence-electron chi connectivity index (χ3n) is 1.30. The van der Waals surface area contributed by atoms with E-state index in [1.54, 1.807) is 0 Å². The summed E-state index contributed by atoms with van der Waals surface area (Å²) in [6.45, 7) is 4.84.